The SMILES string of the molecule is CCCOP(=O)(OCCC)c1ccc(C(=O)c2ccc(C(=O)c3cc(Cl)ccc3Cl)cc2P(=O)(OCCC)OCCC)cc1. The van der Waals surface area contributed by atoms with Crippen LogP contribution in [0.3, 0.4) is 0 Å². The number of benzene rings is 3. The van der Waals surface area contributed by atoms with Gasteiger partial charge in [-0.25, -0.2) is 0 Å². The van der Waals surface area contributed by atoms with Gasteiger partial charge in [0.2, 0.25) is 0 Å². The molecule has 0 aliphatic heterocycles. The van der Waals surface area contributed by atoms with Crippen molar-refractivity contribution in [2.45, 2.75) is 53.4 Å². The Morgan fingerprint density at radius 3 is 1.59 bits per heavy atom. The smallest absolute Gasteiger partial charge is 0.305 e. The maximum Gasteiger partial charge on any atom is 0.362 e. The first-order valence-corrected chi connectivity index (χ1v) is 18.5. The molecule has 3 aromatic carbocycles. The van der Waals surface area contributed by atoms with Crippen LogP contribution in [-0.4, -0.2) is 38.0 Å². The highest BCUT2D eigenvalue weighted by atomic mass is 35.5. The molecule has 0 saturated carbocycles. The van der Waals surface area contributed by atoms with Gasteiger partial charge in [-0.2, -0.15) is 0 Å². The standard InChI is InChI=1S/C32H38Cl2O8P2/c1-5-17-39-43(37,40-18-6-2)26-13-9-23(10-14-26)31(35)27-15-11-24(32(36)28-22-25(33)12-16-29(28)34)21-30(27)44(38,41-19-7-3)42-20-8-4/h9-16,21-22H,5-8,17-20H2,1-4H3. The summed E-state index contributed by atoms with van der Waals surface area (Å²) in [6.07, 6.45) is 2.39. The lowest BCUT2D eigenvalue weighted by Crippen LogP contribution is -2.22. The van der Waals surface area contributed by atoms with Crippen molar-refractivity contribution in [3.8, 4) is 0 Å². The number of hydrogen-bond acceptors (Lipinski definition) is 8. The average molecular weight is 684 g/mol. The van der Waals surface area contributed by atoms with E-state index in [2.05, 4.69) is 0 Å². The van der Waals surface area contributed by atoms with Gasteiger partial charge in [0.25, 0.3) is 0 Å². The zero-order valence-corrected chi connectivity index (χ0v) is 28.6. The monoisotopic (exact) mass is 682 g/mol. The van der Waals surface area contributed by atoms with Gasteiger partial charge in [0.15, 0.2) is 11.6 Å². The van der Waals surface area contributed by atoms with E-state index in [1.807, 2.05) is 27.7 Å². The number of carbonyl (C=O) groups is 2. The number of carbonyl (C=O) groups excluding carboxylic acids is 2. The van der Waals surface area contributed by atoms with Gasteiger partial charge in [0.05, 0.1) is 42.1 Å². The lowest BCUT2D eigenvalue weighted by Gasteiger charge is -2.22. The Morgan fingerprint density at radius 2 is 1.07 bits per heavy atom. The van der Waals surface area contributed by atoms with E-state index in [4.69, 9.17) is 41.3 Å². The molecule has 0 atom stereocenters. The highest BCUT2D eigenvalue weighted by Crippen LogP contribution is 2.49. The lowest BCUT2D eigenvalue weighted by molar-refractivity contribution is 0.102. The van der Waals surface area contributed by atoms with Crippen molar-refractivity contribution in [3.05, 3.63) is 93.0 Å². The summed E-state index contributed by atoms with van der Waals surface area (Å²) in [6.45, 7) is 8.22. The zero-order chi connectivity index (χ0) is 32.3. The van der Waals surface area contributed by atoms with Gasteiger partial charge in [-0.05, 0) is 68.1 Å². The third kappa shape index (κ3) is 8.99. The van der Waals surface area contributed by atoms with Crippen molar-refractivity contribution in [2.75, 3.05) is 26.4 Å². The summed E-state index contributed by atoms with van der Waals surface area (Å²) < 4.78 is 50.5. The fraction of sp³-hybridized carbons (Fsp3) is 0.375. The molecule has 0 aliphatic rings. The van der Waals surface area contributed by atoms with Crippen LogP contribution in [0.4, 0.5) is 0 Å². The van der Waals surface area contributed by atoms with Crippen LogP contribution >= 0.6 is 38.4 Å². The topological polar surface area (TPSA) is 105 Å². The van der Waals surface area contributed by atoms with Gasteiger partial charge in [0.1, 0.15) is 0 Å². The molecule has 0 N–H and O–H groups in total. The molecule has 0 aromatic heterocycles. The molecular formula is C32H38Cl2O8P2. The van der Waals surface area contributed by atoms with Crippen LogP contribution in [0, 0.1) is 0 Å². The number of halogens is 2. The molecule has 238 valence electrons. The molecule has 3 rings (SSSR count). The van der Waals surface area contributed by atoms with Gasteiger partial charge in [-0.3, -0.25) is 18.7 Å². The second kappa shape index (κ2) is 17.0. The molecule has 3 aromatic rings. The van der Waals surface area contributed by atoms with Crippen LogP contribution in [0.25, 0.3) is 0 Å². The predicted molar refractivity (Wildman–Crippen MR) is 176 cm³/mol. The van der Waals surface area contributed by atoms with Crippen LogP contribution in [0.5, 0.6) is 0 Å². The van der Waals surface area contributed by atoms with E-state index in [9.17, 15) is 18.7 Å². The van der Waals surface area contributed by atoms with Crippen molar-refractivity contribution in [1.82, 2.24) is 0 Å². The molecule has 0 saturated heterocycles. The summed E-state index contributed by atoms with van der Waals surface area (Å²) in [7, 11) is -7.67. The van der Waals surface area contributed by atoms with Crippen molar-refractivity contribution < 1.29 is 36.8 Å². The normalized spacial score (nSPS) is 12.0. The van der Waals surface area contributed by atoms with Crippen molar-refractivity contribution >= 4 is 60.6 Å². The largest absolute Gasteiger partial charge is 0.362 e. The Labute approximate surface area is 269 Å². The summed E-state index contributed by atoms with van der Waals surface area (Å²) in [4.78, 5) is 27.4. The third-order valence-corrected chi connectivity index (χ3v) is 10.8. The Hall–Kier alpha value is -2.12. The molecule has 12 heteroatoms. The van der Waals surface area contributed by atoms with Crippen LogP contribution in [0.1, 0.15) is 85.2 Å². The minimum atomic E-state index is -4.07. The molecule has 0 fully saturated rings. The second-order valence-corrected chi connectivity index (χ2v) is 14.8. The molecule has 0 unspecified atom stereocenters. The quantitative estimate of drug-likeness (QED) is 0.0968. The first kappa shape index (κ1) is 36.3. The van der Waals surface area contributed by atoms with Crippen LogP contribution in [0.2, 0.25) is 10.0 Å². The van der Waals surface area contributed by atoms with E-state index in [0.717, 1.165) is 0 Å². The van der Waals surface area contributed by atoms with Crippen LogP contribution < -0.4 is 10.6 Å². The molecule has 0 amide bonds. The van der Waals surface area contributed by atoms with Gasteiger partial charge >= 0.3 is 15.2 Å². The molecule has 0 aliphatic carbocycles. The fourth-order valence-electron chi connectivity index (χ4n) is 4.08. The summed E-state index contributed by atoms with van der Waals surface area (Å²) >= 11 is 12.4. The minimum Gasteiger partial charge on any atom is -0.305 e. The minimum absolute atomic E-state index is 0.0367. The highest BCUT2D eigenvalue weighted by Gasteiger charge is 2.34. The highest BCUT2D eigenvalue weighted by molar-refractivity contribution is 7.62. The number of ketones is 2. The summed E-state index contributed by atoms with van der Waals surface area (Å²) in [5.41, 5.74) is 0.536. The second-order valence-electron chi connectivity index (χ2n) is 9.89. The Balaban J connectivity index is 2.12. The number of hydrogen-bond donors (Lipinski definition) is 0. The first-order chi connectivity index (χ1) is 21.0. The summed E-state index contributed by atoms with van der Waals surface area (Å²) in [5, 5.41) is 0.789. The molecular weight excluding hydrogens is 645 g/mol. The van der Waals surface area contributed by atoms with E-state index in [1.54, 1.807) is 6.07 Å². The first-order valence-electron chi connectivity index (χ1n) is 14.6. The van der Waals surface area contributed by atoms with E-state index >= 15 is 0 Å². The van der Waals surface area contributed by atoms with E-state index in [0.29, 0.717) is 36.0 Å². The van der Waals surface area contributed by atoms with Crippen molar-refractivity contribution in [3.63, 3.8) is 0 Å². The van der Waals surface area contributed by atoms with Gasteiger partial charge in [-0.1, -0.05) is 69.1 Å². The molecule has 0 spiro atoms. The van der Waals surface area contributed by atoms with Crippen molar-refractivity contribution in [2.24, 2.45) is 0 Å². The molecule has 8 nitrogen and oxygen atoms in total. The van der Waals surface area contributed by atoms with Crippen LogP contribution in [-0.2, 0) is 27.2 Å². The maximum atomic E-state index is 14.3. The third-order valence-electron chi connectivity index (χ3n) is 6.28. The molecule has 0 bridgehead atoms. The molecule has 44 heavy (non-hydrogen) atoms. The maximum absolute atomic E-state index is 14.3. The van der Waals surface area contributed by atoms with Gasteiger partial charge in [-0.15, -0.1) is 0 Å². The van der Waals surface area contributed by atoms with Crippen LogP contribution in [0.15, 0.2) is 60.7 Å². The summed E-state index contributed by atoms with van der Waals surface area (Å²) in [5.74, 6) is -0.972. The van der Waals surface area contributed by atoms with E-state index in [1.165, 1.54) is 54.6 Å². The Kier molecular flexibility index (Phi) is 14.0. The molecule has 0 radical (unpaired) electrons. The van der Waals surface area contributed by atoms with E-state index < -0.39 is 26.8 Å². The van der Waals surface area contributed by atoms with E-state index in [-0.39, 0.29) is 59.0 Å². The van der Waals surface area contributed by atoms with Gasteiger partial charge < -0.3 is 18.1 Å². The molecule has 0 heterocycles. The number of rotatable bonds is 18. The summed E-state index contributed by atoms with van der Waals surface area (Å²) in [6, 6.07) is 14.8. The fourth-order valence-corrected chi connectivity index (χ4v) is 8.15. The Morgan fingerprint density at radius 1 is 0.591 bits per heavy atom. The lowest BCUT2D eigenvalue weighted by atomic mass is 9.98. The van der Waals surface area contributed by atoms with Crippen molar-refractivity contribution in [1.29, 1.82) is 0 Å². The predicted octanol–water partition coefficient (Wildman–Crippen LogP) is 8.80. The Bertz CT molecular complexity index is 1520. The zero-order valence-electron chi connectivity index (χ0n) is 25.3. The average Bonchev–Trinajstić information content (AvgIpc) is 3.04. The van der Waals surface area contributed by atoms with Gasteiger partial charge in [0, 0.05) is 27.3 Å².